The fourth-order valence-electron chi connectivity index (χ4n) is 1.63. The molecule has 0 fully saturated rings. The van der Waals surface area contributed by atoms with Crippen molar-refractivity contribution < 1.29 is 8.42 Å². The minimum atomic E-state index is -3.46. The molecule has 6 heteroatoms. The van der Waals surface area contributed by atoms with Crippen LogP contribution in [0.25, 0.3) is 0 Å². The summed E-state index contributed by atoms with van der Waals surface area (Å²) in [6.07, 6.45) is 0. The van der Waals surface area contributed by atoms with Crippen LogP contribution in [0.5, 0.6) is 0 Å². The average Bonchev–Trinajstić information content (AvgIpc) is 2.35. The van der Waals surface area contributed by atoms with Crippen LogP contribution in [0.3, 0.4) is 0 Å². The Bertz CT molecular complexity index is 600. The van der Waals surface area contributed by atoms with Crippen LogP contribution in [-0.2, 0) is 16.8 Å². The lowest BCUT2D eigenvalue weighted by Crippen LogP contribution is -2.41. The molecule has 5 nitrogen and oxygen atoms in total. The number of nitrogens with two attached hydrogens (primary N) is 1. The summed E-state index contributed by atoms with van der Waals surface area (Å²) in [6.45, 7) is 4.17. The lowest BCUT2D eigenvalue weighted by atomic mass is 10.1. The van der Waals surface area contributed by atoms with Crippen molar-refractivity contribution in [2.75, 3.05) is 13.6 Å². The highest BCUT2D eigenvalue weighted by molar-refractivity contribution is 7.87. The van der Waals surface area contributed by atoms with Crippen LogP contribution in [0, 0.1) is 11.8 Å². The highest BCUT2D eigenvalue weighted by atomic mass is 32.2. The molecule has 0 aliphatic carbocycles. The highest BCUT2D eigenvalue weighted by Gasteiger charge is 2.18. The van der Waals surface area contributed by atoms with E-state index in [1.54, 1.807) is 20.9 Å². The van der Waals surface area contributed by atoms with Gasteiger partial charge >= 0.3 is 0 Å². The number of nitrogens with zero attached hydrogens (tertiary/aromatic N) is 1. The van der Waals surface area contributed by atoms with Crippen molar-refractivity contribution in [3.63, 3.8) is 0 Å². The van der Waals surface area contributed by atoms with Crippen LogP contribution in [0.1, 0.15) is 25.0 Å². The normalized spacial score (nSPS) is 11.5. The maximum atomic E-state index is 12.0. The number of benzene rings is 1. The van der Waals surface area contributed by atoms with E-state index in [0.29, 0.717) is 13.1 Å². The summed E-state index contributed by atoms with van der Waals surface area (Å²) >= 11 is 0. The third kappa shape index (κ3) is 5.31. The molecule has 0 aliphatic heterocycles. The van der Waals surface area contributed by atoms with Gasteiger partial charge in [-0.15, -0.1) is 0 Å². The zero-order chi connectivity index (χ0) is 15.2. The maximum Gasteiger partial charge on any atom is 0.279 e. The van der Waals surface area contributed by atoms with E-state index in [0.717, 1.165) is 11.1 Å². The van der Waals surface area contributed by atoms with Crippen LogP contribution in [-0.4, -0.2) is 32.4 Å². The fourth-order valence-corrected chi connectivity index (χ4v) is 2.73. The number of hydrogen-bond donors (Lipinski definition) is 2. The predicted molar refractivity (Wildman–Crippen MR) is 81.0 cm³/mol. The van der Waals surface area contributed by atoms with Crippen LogP contribution in [0.15, 0.2) is 24.3 Å². The standard InChI is InChI=1S/C14H21N3O2S/c1-12(2)16-20(18,19)17(3)11-14-7-4-6-13(10-14)8-5-9-15/h4,6-7,10,12,16H,9,11,15H2,1-3H3. The van der Waals surface area contributed by atoms with Gasteiger partial charge in [-0.3, -0.25) is 0 Å². The lowest BCUT2D eigenvalue weighted by Gasteiger charge is -2.19. The first kappa shape index (κ1) is 16.7. The zero-order valence-corrected chi connectivity index (χ0v) is 12.9. The first-order valence-electron chi connectivity index (χ1n) is 6.36. The van der Waals surface area contributed by atoms with E-state index < -0.39 is 10.2 Å². The zero-order valence-electron chi connectivity index (χ0n) is 12.1. The van der Waals surface area contributed by atoms with Crippen molar-refractivity contribution in [1.29, 1.82) is 0 Å². The Hall–Kier alpha value is -1.39. The van der Waals surface area contributed by atoms with Gasteiger partial charge in [-0.05, 0) is 31.5 Å². The van der Waals surface area contributed by atoms with Gasteiger partial charge in [0.1, 0.15) is 0 Å². The maximum absolute atomic E-state index is 12.0. The van der Waals surface area contributed by atoms with E-state index in [1.165, 1.54) is 4.31 Å². The van der Waals surface area contributed by atoms with Crippen molar-refractivity contribution in [3.05, 3.63) is 35.4 Å². The summed E-state index contributed by atoms with van der Waals surface area (Å²) in [4.78, 5) is 0. The molecule has 0 aromatic heterocycles. The highest BCUT2D eigenvalue weighted by Crippen LogP contribution is 2.09. The van der Waals surface area contributed by atoms with Crippen molar-refractivity contribution in [3.8, 4) is 11.8 Å². The second-order valence-corrected chi connectivity index (χ2v) is 6.55. The van der Waals surface area contributed by atoms with Gasteiger partial charge in [0.2, 0.25) is 0 Å². The molecule has 0 atom stereocenters. The number of hydrogen-bond acceptors (Lipinski definition) is 3. The van der Waals surface area contributed by atoms with Crippen molar-refractivity contribution in [2.24, 2.45) is 5.73 Å². The Morgan fingerprint density at radius 3 is 2.70 bits per heavy atom. The van der Waals surface area contributed by atoms with E-state index >= 15 is 0 Å². The van der Waals surface area contributed by atoms with Crippen LogP contribution < -0.4 is 10.5 Å². The molecule has 0 heterocycles. The molecule has 20 heavy (non-hydrogen) atoms. The van der Waals surface area contributed by atoms with Crippen molar-refractivity contribution in [2.45, 2.75) is 26.4 Å². The quantitative estimate of drug-likeness (QED) is 0.784. The van der Waals surface area contributed by atoms with Gasteiger partial charge in [-0.2, -0.15) is 17.4 Å². The second-order valence-electron chi connectivity index (χ2n) is 4.74. The minimum absolute atomic E-state index is 0.135. The van der Waals surface area contributed by atoms with Crippen LogP contribution >= 0.6 is 0 Å². The molecule has 1 rings (SSSR count). The van der Waals surface area contributed by atoms with E-state index in [9.17, 15) is 8.42 Å². The largest absolute Gasteiger partial charge is 0.320 e. The molecular weight excluding hydrogens is 274 g/mol. The van der Waals surface area contributed by atoms with Crippen molar-refractivity contribution in [1.82, 2.24) is 9.03 Å². The Morgan fingerprint density at radius 1 is 1.40 bits per heavy atom. The molecule has 0 radical (unpaired) electrons. The van der Waals surface area contributed by atoms with Gasteiger partial charge in [-0.1, -0.05) is 24.0 Å². The third-order valence-corrected chi connectivity index (χ3v) is 4.18. The summed E-state index contributed by atoms with van der Waals surface area (Å²) in [5.41, 5.74) is 7.04. The number of rotatable bonds is 5. The molecule has 1 aromatic rings. The van der Waals surface area contributed by atoms with E-state index in [4.69, 9.17) is 5.73 Å². The smallest absolute Gasteiger partial charge is 0.279 e. The van der Waals surface area contributed by atoms with E-state index in [1.807, 2.05) is 24.3 Å². The van der Waals surface area contributed by atoms with Crippen molar-refractivity contribution >= 4 is 10.2 Å². The molecule has 0 bridgehead atoms. The molecule has 0 unspecified atom stereocenters. The number of nitrogens with one attached hydrogen (secondary N) is 1. The Kier molecular flexibility index (Phi) is 6.17. The van der Waals surface area contributed by atoms with E-state index in [2.05, 4.69) is 16.6 Å². The molecule has 0 saturated heterocycles. The summed E-state index contributed by atoms with van der Waals surface area (Å²) in [6, 6.07) is 7.32. The fraction of sp³-hybridized carbons (Fsp3) is 0.429. The van der Waals surface area contributed by atoms with Gasteiger partial charge in [-0.25, -0.2) is 0 Å². The Balaban J connectivity index is 2.83. The van der Waals surface area contributed by atoms with Gasteiger partial charge in [0.25, 0.3) is 10.2 Å². The molecular formula is C14H21N3O2S. The molecule has 0 saturated carbocycles. The van der Waals surface area contributed by atoms with Crippen LogP contribution in [0.2, 0.25) is 0 Å². The van der Waals surface area contributed by atoms with Crippen LogP contribution in [0.4, 0.5) is 0 Å². The minimum Gasteiger partial charge on any atom is -0.320 e. The molecule has 0 spiro atoms. The average molecular weight is 295 g/mol. The first-order valence-corrected chi connectivity index (χ1v) is 7.80. The summed E-state index contributed by atoms with van der Waals surface area (Å²) in [5, 5.41) is 0. The van der Waals surface area contributed by atoms with Gasteiger partial charge in [0, 0.05) is 25.2 Å². The van der Waals surface area contributed by atoms with Gasteiger partial charge in [0.15, 0.2) is 0 Å². The monoisotopic (exact) mass is 295 g/mol. The topological polar surface area (TPSA) is 75.4 Å². The second kappa shape index (κ2) is 7.41. The third-order valence-electron chi connectivity index (χ3n) is 2.46. The SMILES string of the molecule is CC(C)NS(=O)(=O)N(C)Cc1cccc(C#CCN)c1. The summed E-state index contributed by atoms with van der Waals surface area (Å²) in [5.74, 6) is 5.71. The first-order chi connectivity index (χ1) is 9.35. The summed E-state index contributed by atoms with van der Waals surface area (Å²) < 4.78 is 27.8. The Labute approximate surface area is 121 Å². The van der Waals surface area contributed by atoms with Gasteiger partial charge < -0.3 is 5.73 Å². The predicted octanol–water partition coefficient (Wildman–Crippen LogP) is 0.671. The molecule has 0 aliphatic rings. The molecule has 3 N–H and O–H groups in total. The van der Waals surface area contributed by atoms with Gasteiger partial charge in [0.05, 0.1) is 6.54 Å². The summed E-state index contributed by atoms with van der Waals surface area (Å²) in [7, 11) is -1.92. The Morgan fingerprint density at radius 2 is 2.10 bits per heavy atom. The van der Waals surface area contributed by atoms with E-state index in [-0.39, 0.29) is 6.04 Å². The molecule has 1 aromatic carbocycles. The lowest BCUT2D eigenvalue weighted by molar-refractivity contribution is 0.449. The molecule has 0 amide bonds. The molecule has 110 valence electrons.